The first kappa shape index (κ1) is 20.8. The minimum absolute atomic E-state index is 0.0759. The number of carbonyl (C=O) groups excluding carboxylic acids is 2. The molecule has 1 aromatic carbocycles. The van der Waals surface area contributed by atoms with E-state index < -0.39 is 24.5 Å². The highest BCUT2D eigenvalue weighted by atomic mass is 35.5. The lowest BCUT2D eigenvalue weighted by Gasteiger charge is -2.18. The van der Waals surface area contributed by atoms with E-state index in [0.29, 0.717) is 11.5 Å². The Hall–Kier alpha value is -2.51. The van der Waals surface area contributed by atoms with Crippen molar-refractivity contribution in [3.63, 3.8) is 0 Å². The van der Waals surface area contributed by atoms with Crippen LogP contribution in [0.1, 0.15) is 28.9 Å². The number of hydrogen-bond acceptors (Lipinski definition) is 6. The highest BCUT2D eigenvalue weighted by Gasteiger charge is 2.17. The Kier molecular flexibility index (Phi) is 7.27. The smallest absolute Gasteiger partial charge is 0.340 e. The zero-order valence-corrected chi connectivity index (χ0v) is 16.4. The van der Waals surface area contributed by atoms with Crippen LogP contribution in [-0.4, -0.2) is 37.7 Å². The van der Waals surface area contributed by atoms with Crippen molar-refractivity contribution in [1.82, 2.24) is 10.3 Å². The van der Waals surface area contributed by atoms with Gasteiger partial charge in [-0.1, -0.05) is 23.2 Å². The number of nitrogens with zero attached hydrogens (tertiary/aromatic N) is 1. The van der Waals surface area contributed by atoms with Crippen molar-refractivity contribution in [2.24, 2.45) is 0 Å². The van der Waals surface area contributed by atoms with Crippen LogP contribution in [0.3, 0.4) is 0 Å². The molecule has 2 rings (SSSR count). The van der Waals surface area contributed by atoms with E-state index in [9.17, 15) is 9.59 Å². The van der Waals surface area contributed by atoms with Crippen LogP contribution >= 0.6 is 23.2 Å². The molecule has 1 heterocycles. The quantitative estimate of drug-likeness (QED) is 0.553. The van der Waals surface area contributed by atoms with Crippen LogP contribution in [-0.2, 0) is 9.53 Å². The van der Waals surface area contributed by atoms with Crippen molar-refractivity contribution in [3.8, 4) is 11.5 Å². The van der Waals surface area contributed by atoms with Crippen molar-refractivity contribution in [3.05, 3.63) is 51.8 Å². The van der Waals surface area contributed by atoms with E-state index in [1.165, 1.54) is 19.4 Å². The summed E-state index contributed by atoms with van der Waals surface area (Å²) < 4.78 is 15.5. The maximum absolute atomic E-state index is 12.1. The normalized spacial score (nSPS) is 11.4. The third-order valence-electron chi connectivity index (χ3n) is 3.65. The third kappa shape index (κ3) is 5.48. The van der Waals surface area contributed by atoms with Crippen LogP contribution in [0.15, 0.2) is 30.5 Å². The molecule has 0 spiro atoms. The molecule has 9 heteroatoms. The summed E-state index contributed by atoms with van der Waals surface area (Å²) in [5.41, 5.74) is 0.824. The predicted molar refractivity (Wildman–Crippen MR) is 101 cm³/mol. The zero-order valence-electron chi connectivity index (χ0n) is 14.9. The fraction of sp³-hybridized carbons (Fsp3) is 0.278. The molecule has 0 aliphatic rings. The number of aromatic nitrogens is 1. The predicted octanol–water partition coefficient (Wildman–Crippen LogP) is 3.44. The first-order valence-corrected chi connectivity index (χ1v) is 8.60. The molecule has 7 nitrogen and oxygen atoms in total. The molecule has 1 atom stereocenters. The molecule has 1 aromatic heterocycles. The Morgan fingerprint density at radius 2 is 1.93 bits per heavy atom. The van der Waals surface area contributed by atoms with Crippen molar-refractivity contribution >= 4 is 35.1 Å². The van der Waals surface area contributed by atoms with Crippen LogP contribution in [0.2, 0.25) is 10.2 Å². The molecule has 0 unspecified atom stereocenters. The summed E-state index contributed by atoms with van der Waals surface area (Å²) >= 11 is 11.5. The second-order valence-electron chi connectivity index (χ2n) is 5.47. The Labute approximate surface area is 166 Å². The Morgan fingerprint density at radius 3 is 2.56 bits per heavy atom. The van der Waals surface area contributed by atoms with Crippen LogP contribution in [0.5, 0.6) is 11.5 Å². The van der Waals surface area contributed by atoms with Gasteiger partial charge in [-0.15, -0.1) is 0 Å². The van der Waals surface area contributed by atoms with E-state index in [0.717, 1.165) is 5.56 Å². The minimum atomic E-state index is -0.733. The van der Waals surface area contributed by atoms with Crippen LogP contribution in [0.25, 0.3) is 0 Å². The molecule has 2 aromatic rings. The molecule has 1 N–H and O–H groups in total. The molecule has 0 aliphatic heterocycles. The van der Waals surface area contributed by atoms with Gasteiger partial charge in [0.2, 0.25) is 0 Å². The number of carbonyl (C=O) groups is 2. The fourth-order valence-corrected chi connectivity index (χ4v) is 2.56. The van der Waals surface area contributed by atoms with Crippen LogP contribution < -0.4 is 14.8 Å². The number of benzene rings is 1. The van der Waals surface area contributed by atoms with E-state index in [4.69, 9.17) is 37.4 Å². The summed E-state index contributed by atoms with van der Waals surface area (Å²) in [7, 11) is 3.08. The van der Waals surface area contributed by atoms with Gasteiger partial charge >= 0.3 is 5.97 Å². The van der Waals surface area contributed by atoms with Crippen LogP contribution in [0.4, 0.5) is 0 Å². The van der Waals surface area contributed by atoms with E-state index in [2.05, 4.69) is 10.3 Å². The number of rotatable bonds is 7. The fourth-order valence-electron chi connectivity index (χ4n) is 2.29. The summed E-state index contributed by atoms with van der Waals surface area (Å²) in [6.45, 7) is 1.32. The van der Waals surface area contributed by atoms with Gasteiger partial charge in [0.1, 0.15) is 16.7 Å². The van der Waals surface area contributed by atoms with Crippen molar-refractivity contribution < 1.29 is 23.8 Å². The summed E-state index contributed by atoms with van der Waals surface area (Å²) in [6, 6.07) is 6.18. The van der Waals surface area contributed by atoms with E-state index in [1.54, 1.807) is 32.2 Å². The van der Waals surface area contributed by atoms with Gasteiger partial charge in [-0.2, -0.15) is 0 Å². The van der Waals surface area contributed by atoms with Crippen molar-refractivity contribution in [2.75, 3.05) is 20.8 Å². The van der Waals surface area contributed by atoms with Gasteiger partial charge < -0.3 is 19.5 Å². The van der Waals surface area contributed by atoms with Crippen LogP contribution in [0, 0.1) is 0 Å². The molecule has 0 bridgehead atoms. The average Bonchev–Trinajstić information content (AvgIpc) is 2.67. The van der Waals surface area contributed by atoms with Gasteiger partial charge in [0.05, 0.1) is 30.8 Å². The second-order valence-corrected chi connectivity index (χ2v) is 6.24. The lowest BCUT2D eigenvalue weighted by atomic mass is 10.1. The number of methoxy groups -OCH3 is 2. The summed E-state index contributed by atoms with van der Waals surface area (Å²) in [5.74, 6) is 0.0180. The number of nitrogens with one attached hydrogen (secondary N) is 1. The maximum atomic E-state index is 12.1. The van der Waals surface area contributed by atoms with E-state index >= 15 is 0 Å². The molecular weight excluding hydrogens is 395 g/mol. The largest absolute Gasteiger partial charge is 0.497 e. The molecule has 0 radical (unpaired) electrons. The highest BCUT2D eigenvalue weighted by molar-refractivity contribution is 6.41. The molecule has 1 amide bonds. The first-order valence-electron chi connectivity index (χ1n) is 7.85. The monoisotopic (exact) mass is 412 g/mol. The van der Waals surface area contributed by atoms with Gasteiger partial charge in [-0.05, 0) is 31.2 Å². The second kappa shape index (κ2) is 9.43. The Morgan fingerprint density at radius 1 is 1.19 bits per heavy atom. The van der Waals surface area contributed by atoms with Crippen molar-refractivity contribution in [1.29, 1.82) is 0 Å². The summed E-state index contributed by atoms with van der Waals surface area (Å²) in [4.78, 5) is 27.8. The van der Waals surface area contributed by atoms with E-state index in [-0.39, 0.29) is 15.7 Å². The Bertz CT molecular complexity index is 844. The number of amides is 1. The highest BCUT2D eigenvalue weighted by Crippen LogP contribution is 2.29. The maximum Gasteiger partial charge on any atom is 0.340 e. The zero-order chi connectivity index (χ0) is 20.0. The first-order chi connectivity index (χ1) is 12.8. The Balaban J connectivity index is 1.97. The van der Waals surface area contributed by atoms with Gasteiger partial charge in [0, 0.05) is 11.8 Å². The lowest BCUT2D eigenvalue weighted by Crippen LogP contribution is -2.31. The molecule has 0 saturated carbocycles. The molecule has 0 aliphatic carbocycles. The van der Waals surface area contributed by atoms with Crippen molar-refractivity contribution in [2.45, 2.75) is 13.0 Å². The molecular formula is C18H18Cl2N2O5. The topological polar surface area (TPSA) is 86.8 Å². The number of hydrogen-bond donors (Lipinski definition) is 1. The van der Waals surface area contributed by atoms with Gasteiger partial charge in [-0.25, -0.2) is 9.78 Å². The van der Waals surface area contributed by atoms with E-state index in [1.807, 2.05) is 0 Å². The number of esters is 1. The standard InChI is InChI=1S/C18H18Cl2N2O5/c1-10(13-7-12(25-2)4-5-15(13)26-3)22-16(23)9-27-18(24)11-6-14(19)17(20)21-8-11/h4-8,10H,9H2,1-3H3,(H,22,23)/t10-/m0/s1. The van der Waals surface area contributed by atoms with Gasteiger partial charge in [-0.3, -0.25) is 4.79 Å². The average molecular weight is 413 g/mol. The number of halogens is 2. The SMILES string of the molecule is COc1ccc(OC)c([C@H](C)NC(=O)COC(=O)c2cnc(Cl)c(Cl)c2)c1. The third-order valence-corrected chi connectivity index (χ3v) is 4.33. The number of pyridine rings is 1. The summed E-state index contributed by atoms with van der Waals surface area (Å²) in [5, 5.41) is 2.93. The van der Waals surface area contributed by atoms with Gasteiger partial charge in [0.15, 0.2) is 6.61 Å². The molecule has 0 saturated heterocycles. The molecule has 27 heavy (non-hydrogen) atoms. The minimum Gasteiger partial charge on any atom is -0.497 e. The molecule has 144 valence electrons. The molecule has 0 fully saturated rings. The van der Waals surface area contributed by atoms with Gasteiger partial charge in [0.25, 0.3) is 5.91 Å². The lowest BCUT2D eigenvalue weighted by molar-refractivity contribution is -0.124. The summed E-state index contributed by atoms with van der Waals surface area (Å²) in [6.07, 6.45) is 1.22. The number of ether oxygens (including phenoxy) is 3.